The third-order valence-corrected chi connectivity index (χ3v) is 7.69. The van der Waals surface area contributed by atoms with Gasteiger partial charge in [0.25, 0.3) is 5.91 Å². The van der Waals surface area contributed by atoms with E-state index in [2.05, 4.69) is 0 Å². The van der Waals surface area contributed by atoms with Crippen LogP contribution in [0.25, 0.3) is 0 Å². The molecule has 1 aromatic rings. The van der Waals surface area contributed by atoms with Gasteiger partial charge in [0, 0.05) is 30.0 Å². The molecule has 0 spiro atoms. The molecule has 1 aromatic carbocycles. The molecule has 0 bridgehead atoms. The Morgan fingerprint density at radius 3 is 2.32 bits per heavy atom. The monoisotopic (exact) mass is 513 g/mol. The van der Waals surface area contributed by atoms with Crippen molar-refractivity contribution in [2.45, 2.75) is 30.9 Å². The molecule has 0 aliphatic heterocycles. The van der Waals surface area contributed by atoms with Crippen LogP contribution in [-0.4, -0.2) is 99.9 Å². The summed E-state index contributed by atoms with van der Waals surface area (Å²) in [6, 6.07) is 1.63. The maximum Gasteiger partial charge on any atom is 0.255 e. The van der Waals surface area contributed by atoms with E-state index in [4.69, 9.17) is 5.73 Å². The minimum atomic E-state index is -2.70. The third-order valence-electron chi connectivity index (χ3n) is 7.69. The van der Waals surface area contributed by atoms with Crippen molar-refractivity contribution in [2.24, 2.45) is 17.6 Å². The number of hydrogen-bond donors (Lipinski definition) is 5. The Morgan fingerprint density at radius 1 is 1.11 bits per heavy atom. The predicted molar refractivity (Wildman–Crippen MR) is 131 cm³/mol. The molecule has 0 saturated carbocycles. The van der Waals surface area contributed by atoms with Gasteiger partial charge in [-0.25, -0.2) is 0 Å². The molecule has 0 heterocycles. The van der Waals surface area contributed by atoms with Gasteiger partial charge in [-0.05, 0) is 64.6 Å². The Hall–Kier alpha value is -3.54. The molecule has 3 aliphatic rings. The lowest BCUT2D eigenvalue weighted by Crippen LogP contribution is -2.63. The fourth-order valence-electron chi connectivity index (χ4n) is 5.97. The molecule has 6 N–H and O–H groups in total. The SMILES string of the molecule is CN(C)CCC(=O)c1ccc(O)c2c1CC1CC3C(N(C)C)C(O)=C(C(N)=O)C(=O)C3(O)C(O)=C1C2=O. The second-order valence-electron chi connectivity index (χ2n) is 10.4. The van der Waals surface area contributed by atoms with E-state index in [9.17, 15) is 39.6 Å². The normalized spacial score (nSPS) is 27.4. The summed E-state index contributed by atoms with van der Waals surface area (Å²) >= 11 is 0. The third kappa shape index (κ3) is 3.85. The minimum absolute atomic E-state index is 0.0350. The van der Waals surface area contributed by atoms with Crippen LogP contribution in [0.4, 0.5) is 0 Å². The Bertz CT molecular complexity index is 1290. The summed E-state index contributed by atoms with van der Waals surface area (Å²) in [4.78, 5) is 55.3. The quantitative estimate of drug-likeness (QED) is 0.261. The van der Waals surface area contributed by atoms with E-state index in [1.54, 1.807) is 14.1 Å². The molecular formula is C26H31N3O8. The summed E-state index contributed by atoms with van der Waals surface area (Å²) in [5.41, 5.74) is 1.97. The topological polar surface area (TPSA) is 182 Å². The van der Waals surface area contributed by atoms with E-state index >= 15 is 0 Å². The number of phenols is 1. The van der Waals surface area contributed by atoms with Crippen LogP contribution >= 0.6 is 0 Å². The number of aliphatic hydroxyl groups excluding tert-OH is 2. The second-order valence-corrected chi connectivity index (χ2v) is 10.4. The fourth-order valence-corrected chi connectivity index (χ4v) is 5.97. The summed E-state index contributed by atoms with van der Waals surface area (Å²) in [6.07, 6.45) is 0.226. The first-order valence-corrected chi connectivity index (χ1v) is 11.9. The Labute approximate surface area is 213 Å². The van der Waals surface area contributed by atoms with E-state index in [0.29, 0.717) is 12.1 Å². The highest BCUT2D eigenvalue weighted by Gasteiger charge is 2.63. The number of fused-ring (bicyclic) bond motifs is 3. The first-order chi connectivity index (χ1) is 17.2. The summed E-state index contributed by atoms with van der Waals surface area (Å²) < 4.78 is 0. The van der Waals surface area contributed by atoms with Crippen molar-refractivity contribution in [2.75, 3.05) is 34.7 Å². The van der Waals surface area contributed by atoms with Gasteiger partial charge in [0.15, 0.2) is 17.2 Å². The van der Waals surface area contributed by atoms with Gasteiger partial charge in [-0.2, -0.15) is 0 Å². The van der Waals surface area contributed by atoms with Gasteiger partial charge in [-0.1, -0.05) is 0 Å². The number of primary amides is 1. The van der Waals surface area contributed by atoms with E-state index in [0.717, 1.165) is 0 Å². The van der Waals surface area contributed by atoms with E-state index in [1.807, 2.05) is 19.0 Å². The molecule has 0 aromatic heterocycles. The lowest BCUT2D eigenvalue weighted by atomic mass is 9.58. The van der Waals surface area contributed by atoms with Gasteiger partial charge in [0.2, 0.25) is 5.78 Å². The number of amides is 1. The molecule has 4 atom stereocenters. The van der Waals surface area contributed by atoms with Crippen LogP contribution < -0.4 is 5.73 Å². The number of allylic oxidation sites excluding steroid dienone is 1. The first kappa shape index (κ1) is 26.5. The zero-order valence-corrected chi connectivity index (χ0v) is 21.1. The number of likely N-dealkylation sites (N-methyl/N-ethyl adjacent to an activating group) is 1. The number of nitrogens with zero attached hydrogens (tertiary/aromatic N) is 2. The molecule has 0 fully saturated rings. The van der Waals surface area contributed by atoms with Crippen LogP contribution in [0.5, 0.6) is 5.75 Å². The van der Waals surface area contributed by atoms with E-state index < -0.39 is 63.8 Å². The average molecular weight is 514 g/mol. The molecule has 37 heavy (non-hydrogen) atoms. The molecule has 3 aliphatic carbocycles. The Balaban J connectivity index is 1.89. The number of hydrogen-bond acceptors (Lipinski definition) is 10. The number of nitrogens with two attached hydrogens (primary N) is 1. The van der Waals surface area contributed by atoms with Gasteiger partial charge in [0.05, 0.1) is 11.6 Å². The van der Waals surface area contributed by atoms with Crippen molar-refractivity contribution in [1.29, 1.82) is 0 Å². The van der Waals surface area contributed by atoms with Gasteiger partial charge in [-0.3, -0.25) is 24.1 Å². The number of aromatic hydroxyl groups is 1. The number of rotatable bonds is 6. The summed E-state index contributed by atoms with van der Waals surface area (Å²) in [5, 5.41) is 44.3. The highest BCUT2D eigenvalue weighted by atomic mass is 16.3. The van der Waals surface area contributed by atoms with E-state index in [1.165, 1.54) is 17.0 Å². The zero-order chi connectivity index (χ0) is 27.6. The van der Waals surface area contributed by atoms with Gasteiger partial charge < -0.3 is 31.1 Å². The van der Waals surface area contributed by atoms with Crippen LogP contribution in [0.15, 0.2) is 34.8 Å². The Morgan fingerprint density at radius 2 is 1.76 bits per heavy atom. The summed E-state index contributed by atoms with van der Waals surface area (Å²) in [7, 11) is 6.78. The molecule has 1 amide bonds. The molecule has 11 heteroatoms. The highest BCUT2D eigenvalue weighted by molar-refractivity contribution is 6.25. The second kappa shape index (κ2) is 9.09. The lowest BCUT2D eigenvalue weighted by Gasteiger charge is -2.50. The zero-order valence-electron chi connectivity index (χ0n) is 21.1. The number of carbonyl (C=O) groups excluding carboxylic acids is 4. The maximum absolute atomic E-state index is 13.7. The van der Waals surface area contributed by atoms with Crippen molar-refractivity contribution in [3.63, 3.8) is 0 Å². The van der Waals surface area contributed by atoms with Gasteiger partial charge >= 0.3 is 0 Å². The summed E-state index contributed by atoms with van der Waals surface area (Å²) in [6.45, 7) is 0.480. The maximum atomic E-state index is 13.7. The minimum Gasteiger partial charge on any atom is -0.510 e. The first-order valence-electron chi connectivity index (χ1n) is 11.9. The largest absolute Gasteiger partial charge is 0.510 e. The van der Waals surface area contributed by atoms with Gasteiger partial charge in [-0.15, -0.1) is 0 Å². The number of ketones is 3. The standard InChI is InChI=1S/C26H31N3O8/c1-28(2)8-7-15(30)12-5-6-16(31)18-13(12)9-11-10-14-20(29(3)4)22(33)19(25(27)36)24(35)26(14,37)23(34)17(11)21(18)32/h5-6,11,14,20,31,33-34,37H,7-10H2,1-4H3,(H2,27,36). The van der Waals surface area contributed by atoms with Crippen LogP contribution in [0.2, 0.25) is 0 Å². The number of carbonyl (C=O) groups is 4. The van der Waals surface area contributed by atoms with Crippen molar-refractivity contribution in [1.82, 2.24) is 9.80 Å². The Kier molecular flexibility index (Phi) is 6.51. The smallest absolute Gasteiger partial charge is 0.255 e. The van der Waals surface area contributed by atoms with E-state index in [-0.39, 0.29) is 41.7 Å². The van der Waals surface area contributed by atoms with Crippen molar-refractivity contribution in [3.8, 4) is 5.75 Å². The number of benzene rings is 1. The number of phenolic OH excluding ortho intramolecular Hbond substituents is 1. The van der Waals surface area contributed by atoms with Crippen LogP contribution in [-0.2, 0) is 16.0 Å². The van der Waals surface area contributed by atoms with Crippen molar-refractivity contribution < 1.29 is 39.6 Å². The predicted octanol–water partition coefficient (Wildman–Crippen LogP) is 0.255. The molecule has 4 rings (SSSR count). The molecule has 0 radical (unpaired) electrons. The number of Topliss-reactive ketones (excluding diaryl/α,β-unsaturated/α-hetero) is 3. The van der Waals surface area contributed by atoms with Gasteiger partial charge in [0.1, 0.15) is 22.8 Å². The fraction of sp³-hybridized carbons (Fsp3) is 0.462. The van der Waals surface area contributed by atoms with Crippen molar-refractivity contribution >= 4 is 23.3 Å². The molecule has 11 nitrogen and oxygen atoms in total. The van der Waals surface area contributed by atoms with Crippen LogP contribution in [0.3, 0.4) is 0 Å². The highest BCUT2D eigenvalue weighted by Crippen LogP contribution is 2.52. The molecule has 4 unspecified atom stereocenters. The summed E-state index contributed by atoms with van der Waals surface area (Å²) in [5.74, 6) is -7.41. The van der Waals surface area contributed by atoms with Crippen LogP contribution in [0.1, 0.15) is 39.1 Å². The van der Waals surface area contributed by atoms with Crippen LogP contribution in [0, 0.1) is 11.8 Å². The molecular weight excluding hydrogens is 482 g/mol. The van der Waals surface area contributed by atoms with Crippen molar-refractivity contribution in [3.05, 3.63) is 51.5 Å². The molecule has 0 saturated heterocycles. The average Bonchev–Trinajstić information content (AvgIpc) is 2.79. The number of aliphatic hydroxyl groups is 3. The lowest BCUT2D eigenvalue weighted by molar-refractivity contribution is -0.148. The molecule has 198 valence electrons.